The van der Waals surface area contributed by atoms with E-state index in [0.717, 1.165) is 12.2 Å². The molecule has 1 heterocycles. The summed E-state index contributed by atoms with van der Waals surface area (Å²) in [4.78, 5) is 4.02. The number of hydrogen-bond donors (Lipinski definition) is 0. The van der Waals surface area contributed by atoms with E-state index in [1.165, 1.54) is 17.5 Å². The molecule has 0 fully saturated rings. The van der Waals surface area contributed by atoms with Crippen molar-refractivity contribution in [1.29, 1.82) is 0 Å². The molecule has 0 amide bonds. The third-order valence-corrected chi connectivity index (χ3v) is 5.93. The lowest BCUT2D eigenvalue weighted by atomic mass is 9.61. The number of ether oxygens (including phenoxy) is 2. The lowest BCUT2D eigenvalue weighted by molar-refractivity contribution is 0.169. The molecule has 0 N–H and O–H groups in total. The van der Waals surface area contributed by atoms with Gasteiger partial charge in [-0.3, -0.25) is 4.57 Å². The Morgan fingerprint density at radius 1 is 1.26 bits per heavy atom. The lowest BCUT2D eigenvalue weighted by Gasteiger charge is -2.44. The maximum atomic E-state index is 5.97. The molecule has 0 aliphatic heterocycles. The van der Waals surface area contributed by atoms with Crippen LogP contribution in [-0.2, 0) is 6.42 Å². The second-order valence-electron chi connectivity index (χ2n) is 8.83. The molecular weight excluding hydrogens is 356 g/mol. The van der Waals surface area contributed by atoms with Gasteiger partial charge in [-0.05, 0) is 71.5 Å². The van der Waals surface area contributed by atoms with Crippen LogP contribution in [0, 0.1) is 17.3 Å². The zero-order valence-electron chi connectivity index (χ0n) is 17.2. The Bertz CT molecular complexity index is 806. The van der Waals surface area contributed by atoms with E-state index in [4.69, 9.17) is 21.7 Å². The van der Waals surface area contributed by atoms with Crippen LogP contribution < -0.4 is 9.47 Å². The second kappa shape index (κ2) is 7.63. The van der Waals surface area contributed by atoms with Crippen molar-refractivity contribution in [3.63, 3.8) is 0 Å². The van der Waals surface area contributed by atoms with Gasteiger partial charge in [0, 0.05) is 12.4 Å². The Labute approximate surface area is 167 Å². The molecule has 3 rings (SSSR count). The highest BCUT2D eigenvalue weighted by molar-refractivity contribution is 7.80. The summed E-state index contributed by atoms with van der Waals surface area (Å²) in [6.45, 7) is 11.7. The summed E-state index contributed by atoms with van der Waals surface area (Å²) >= 11 is 5.40. The smallest absolute Gasteiger partial charge is 0.274 e. The molecule has 1 aromatic heterocycles. The van der Waals surface area contributed by atoms with Crippen molar-refractivity contribution in [3.8, 4) is 11.5 Å². The lowest BCUT2D eigenvalue weighted by Crippen LogP contribution is -2.33. The molecule has 1 aliphatic rings. The van der Waals surface area contributed by atoms with Crippen molar-refractivity contribution in [2.45, 2.75) is 53.4 Å². The fraction of sp³-hybridized carbons (Fsp3) is 0.545. The summed E-state index contributed by atoms with van der Waals surface area (Å²) in [5, 5.41) is 0.342. The number of fused-ring (bicyclic) bond motifs is 1. The van der Waals surface area contributed by atoms with E-state index < -0.39 is 0 Å². The largest absolute Gasteiger partial charge is 0.493 e. The van der Waals surface area contributed by atoms with Gasteiger partial charge in [-0.1, -0.05) is 34.6 Å². The van der Waals surface area contributed by atoms with Gasteiger partial charge >= 0.3 is 0 Å². The average molecular weight is 387 g/mol. The first kappa shape index (κ1) is 19.9. The minimum atomic E-state index is 0.184. The van der Waals surface area contributed by atoms with Crippen molar-refractivity contribution >= 4 is 17.4 Å². The van der Waals surface area contributed by atoms with Crippen molar-refractivity contribution in [1.82, 2.24) is 9.55 Å². The Morgan fingerprint density at radius 2 is 2.00 bits per heavy atom. The van der Waals surface area contributed by atoms with E-state index in [2.05, 4.69) is 51.7 Å². The molecule has 2 aromatic rings. The fourth-order valence-corrected chi connectivity index (χ4v) is 4.62. The van der Waals surface area contributed by atoms with Gasteiger partial charge in [0.15, 0.2) is 11.5 Å². The summed E-state index contributed by atoms with van der Waals surface area (Å²) in [6.07, 6.45) is 7.35. The number of aryl methyl sites for hydroxylation is 1. The van der Waals surface area contributed by atoms with Crippen LogP contribution in [0.15, 0.2) is 30.9 Å². The van der Waals surface area contributed by atoms with Crippen molar-refractivity contribution in [3.05, 3.63) is 42.0 Å². The van der Waals surface area contributed by atoms with E-state index >= 15 is 0 Å². The van der Waals surface area contributed by atoms with Crippen LogP contribution in [0.1, 0.15) is 58.1 Å². The third-order valence-electron chi connectivity index (χ3n) is 5.64. The quantitative estimate of drug-likeness (QED) is 0.657. The number of nitrogens with zero attached hydrogens (tertiary/aromatic N) is 2. The average Bonchev–Trinajstić information content (AvgIpc) is 3.13. The molecule has 27 heavy (non-hydrogen) atoms. The van der Waals surface area contributed by atoms with Crippen molar-refractivity contribution in [2.24, 2.45) is 17.3 Å². The van der Waals surface area contributed by atoms with E-state index in [1.807, 2.05) is 0 Å². The zero-order valence-corrected chi connectivity index (χ0v) is 18.0. The Kier molecular flexibility index (Phi) is 5.61. The number of aromatic nitrogens is 2. The van der Waals surface area contributed by atoms with Crippen molar-refractivity contribution < 1.29 is 9.47 Å². The van der Waals surface area contributed by atoms with Gasteiger partial charge in [0.25, 0.3) is 5.17 Å². The second-order valence-corrected chi connectivity index (χ2v) is 9.18. The predicted octanol–water partition coefficient (Wildman–Crippen LogP) is 5.45. The molecular formula is C22H30N2O2S. The van der Waals surface area contributed by atoms with Gasteiger partial charge in [0.2, 0.25) is 0 Å². The summed E-state index contributed by atoms with van der Waals surface area (Å²) in [5.41, 5.74) is 2.92. The highest BCUT2D eigenvalue weighted by Gasteiger charge is 2.39. The number of benzene rings is 1. The monoisotopic (exact) mass is 386 g/mol. The first-order valence-electron chi connectivity index (χ1n) is 9.63. The minimum absolute atomic E-state index is 0.184. The summed E-state index contributed by atoms with van der Waals surface area (Å²) in [7, 11) is 1.68. The normalized spacial score (nSPS) is 19.7. The van der Waals surface area contributed by atoms with Gasteiger partial charge in [-0.25, -0.2) is 4.98 Å². The molecule has 0 bridgehead atoms. The number of methoxy groups -OCH3 is 1. The van der Waals surface area contributed by atoms with E-state index in [1.54, 1.807) is 30.4 Å². The molecule has 0 saturated carbocycles. The minimum Gasteiger partial charge on any atom is -0.493 e. The molecule has 2 atom stereocenters. The molecule has 4 nitrogen and oxygen atoms in total. The van der Waals surface area contributed by atoms with E-state index in [-0.39, 0.29) is 5.41 Å². The molecule has 2 unspecified atom stereocenters. The zero-order chi connectivity index (χ0) is 19.8. The van der Waals surface area contributed by atoms with E-state index in [9.17, 15) is 0 Å². The third kappa shape index (κ3) is 4.03. The van der Waals surface area contributed by atoms with Crippen LogP contribution >= 0.6 is 12.2 Å². The SMILES string of the molecule is COc1cc2c(cc1OC(=S)n1ccnc1)CCC(C(C)C)C2C(C)(C)C. The van der Waals surface area contributed by atoms with Gasteiger partial charge in [-0.2, -0.15) is 0 Å². The summed E-state index contributed by atoms with van der Waals surface area (Å²) in [5.74, 6) is 3.21. The van der Waals surface area contributed by atoms with Crippen LogP contribution in [0.4, 0.5) is 0 Å². The Morgan fingerprint density at radius 3 is 2.56 bits per heavy atom. The topological polar surface area (TPSA) is 36.3 Å². The van der Waals surface area contributed by atoms with Crippen LogP contribution in [-0.4, -0.2) is 21.8 Å². The number of thiocarbonyl (C=S) groups is 1. The van der Waals surface area contributed by atoms with Crippen LogP contribution in [0.25, 0.3) is 0 Å². The number of imidazole rings is 1. The Hall–Kier alpha value is -1.88. The highest BCUT2D eigenvalue weighted by Crippen LogP contribution is 2.51. The van der Waals surface area contributed by atoms with Crippen molar-refractivity contribution in [2.75, 3.05) is 7.11 Å². The molecule has 0 spiro atoms. The maximum Gasteiger partial charge on any atom is 0.274 e. The molecule has 1 aliphatic carbocycles. The predicted molar refractivity (Wildman–Crippen MR) is 113 cm³/mol. The number of hydrogen-bond acceptors (Lipinski definition) is 4. The fourth-order valence-electron chi connectivity index (χ4n) is 4.42. The maximum absolute atomic E-state index is 5.97. The standard InChI is InChI=1S/C22H30N2O2S/c1-14(2)16-8-7-15-11-19(26-21(27)24-10-9-23-13-24)18(25-6)12-17(15)20(16)22(3,4)5/h9-14,16,20H,7-8H2,1-6H3. The molecule has 1 aromatic carbocycles. The van der Waals surface area contributed by atoms with E-state index in [0.29, 0.717) is 28.7 Å². The number of rotatable bonds is 3. The first-order chi connectivity index (χ1) is 12.7. The van der Waals surface area contributed by atoms with Gasteiger partial charge in [0.05, 0.1) is 7.11 Å². The first-order valence-corrected chi connectivity index (χ1v) is 10.0. The summed E-state index contributed by atoms with van der Waals surface area (Å²) in [6, 6.07) is 4.29. The summed E-state index contributed by atoms with van der Waals surface area (Å²) < 4.78 is 13.3. The molecule has 5 heteroatoms. The molecule has 0 saturated heterocycles. The van der Waals surface area contributed by atoms with Gasteiger partial charge < -0.3 is 9.47 Å². The molecule has 0 radical (unpaired) electrons. The van der Waals surface area contributed by atoms with Crippen LogP contribution in [0.3, 0.4) is 0 Å². The van der Waals surface area contributed by atoms with Gasteiger partial charge in [0.1, 0.15) is 6.33 Å². The van der Waals surface area contributed by atoms with Gasteiger partial charge in [-0.15, -0.1) is 0 Å². The van der Waals surface area contributed by atoms with Crippen LogP contribution in [0.2, 0.25) is 0 Å². The highest BCUT2D eigenvalue weighted by atomic mass is 32.1. The molecule has 146 valence electrons. The Balaban J connectivity index is 2.01. The van der Waals surface area contributed by atoms with Crippen LogP contribution in [0.5, 0.6) is 11.5 Å².